The average molecular weight is 221 g/mol. The van der Waals surface area contributed by atoms with Gasteiger partial charge >= 0.3 is 12.0 Å². The minimum atomic E-state index is -0.874. The van der Waals surface area contributed by atoms with E-state index in [2.05, 4.69) is 17.2 Å². The van der Waals surface area contributed by atoms with Crippen molar-refractivity contribution in [2.75, 3.05) is 13.1 Å². The summed E-state index contributed by atoms with van der Waals surface area (Å²) in [5.74, 6) is -0.874. The van der Waals surface area contributed by atoms with Crippen molar-refractivity contribution in [2.45, 2.75) is 12.8 Å². The van der Waals surface area contributed by atoms with Gasteiger partial charge in [0.05, 0.1) is 6.54 Å². The number of urea groups is 1. The van der Waals surface area contributed by atoms with E-state index in [1.807, 2.05) is 0 Å². The van der Waals surface area contributed by atoms with Crippen molar-refractivity contribution in [3.63, 3.8) is 0 Å². The highest BCUT2D eigenvalue weighted by Gasteiger charge is 2.00. The van der Waals surface area contributed by atoms with Gasteiger partial charge < -0.3 is 15.7 Å². The van der Waals surface area contributed by atoms with E-state index in [0.29, 0.717) is 18.0 Å². The molecule has 0 aromatic rings. The number of rotatable bonds is 6. The van der Waals surface area contributed by atoms with E-state index in [0.717, 1.165) is 0 Å². The van der Waals surface area contributed by atoms with Crippen molar-refractivity contribution in [1.29, 1.82) is 0 Å². The molecule has 2 amide bonds. The largest absolute Gasteiger partial charge is 0.481 e. The van der Waals surface area contributed by atoms with Gasteiger partial charge in [0.2, 0.25) is 0 Å². The van der Waals surface area contributed by atoms with Gasteiger partial charge in [0.15, 0.2) is 0 Å². The molecule has 0 unspecified atom stereocenters. The smallest absolute Gasteiger partial charge is 0.315 e. The van der Waals surface area contributed by atoms with E-state index < -0.39 is 5.97 Å². The maximum absolute atomic E-state index is 10.9. The zero-order valence-corrected chi connectivity index (χ0v) is 8.43. The van der Waals surface area contributed by atoms with E-state index >= 15 is 0 Å². The number of halogens is 1. The maximum atomic E-state index is 10.9. The van der Waals surface area contributed by atoms with Crippen LogP contribution in [-0.4, -0.2) is 30.2 Å². The normalized spacial score (nSPS) is 9.21. The van der Waals surface area contributed by atoms with Crippen LogP contribution in [0, 0.1) is 0 Å². The standard InChI is InChI=1S/C8H13ClN2O3/c1-6(9)5-11-8(14)10-4-2-3-7(12)13/h1-5H2,(H,12,13)(H2,10,11,14). The van der Waals surface area contributed by atoms with Crippen molar-refractivity contribution in [1.82, 2.24) is 10.6 Å². The summed E-state index contributed by atoms with van der Waals surface area (Å²) in [4.78, 5) is 21.0. The van der Waals surface area contributed by atoms with E-state index in [1.165, 1.54) is 0 Å². The molecular weight excluding hydrogens is 208 g/mol. The number of carboxylic acids is 1. The van der Waals surface area contributed by atoms with Crippen molar-refractivity contribution in [2.24, 2.45) is 0 Å². The van der Waals surface area contributed by atoms with E-state index in [9.17, 15) is 9.59 Å². The van der Waals surface area contributed by atoms with Crippen molar-refractivity contribution in [3.05, 3.63) is 11.6 Å². The summed E-state index contributed by atoms with van der Waals surface area (Å²) in [6.07, 6.45) is 0.451. The fourth-order valence-corrected chi connectivity index (χ4v) is 0.747. The van der Waals surface area contributed by atoms with Crippen molar-refractivity contribution < 1.29 is 14.7 Å². The lowest BCUT2D eigenvalue weighted by atomic mass is 10.3. The first kappa shape index (κ1) is 12.8. The Bertz CT molecular complexity index is 231. The SMILES string of the molecule is C=C(Cl)CNC(=O)NCCCC(=O)O. The van der Waals surface area contributed by atoms with Gasteiger partial charge in [0.25, 0.3) is 0 Å². The Hall–Kier alpha value is -1.23. The number of amides is 2. The van der Waals surface area contributed by atoms with Gasteiger partial charge in [-0.3, -0.25) is 4.79 Å². The van der Waals surface area contributed by atoms with Crippen LogP contribution >= 0.6 is 11.6 Å². The molecule has 0 fully saturated rings. The third-order valence-corrected chi connectivity index (χ3v) is 1.43. The van der Waals surface area contributed by atoms with Crippen LogP contribution in [0.5, 0.6) is 0 Å². The Morgan fingerprint density at radius 2 is 2.00 bits per heavy atom. The number of aliphatic carboxylic acids is 1. The topological polar surface area (TPSA) is 78.4 Å². The minimum absolute atomic E-state index is 0.0441. The molecule has 0 spiro atoms. The Labute approximate surface area is 87.1 Å². The molecule has 0 saturated carbocycles. The van der Waals surface area contributed by atoms with Crippen LogP contribution in [0.2, 0.25) is 0 Å². The molecular formula is C8H13ClN2O3. The number of carbonyl (C=O) groups is 2. The quantitative estimate of drug-likeness (QED) is 0.582. The summed E-state index contributed by atoms with van der Waals surface area (Å²) in [5.41, 5.74) is 0. The molecule has 6 heteroatoms. The first-order valence-corrected chi connectivity index (χ1v) is 4.47. The molecule has 0 aliphatic carbocycles. The molecule has 14 heavy (non-hydrogen) atoms. The van der Waals surface area contributed by atoms with E-state index in [4.69, 9.17) is 16.7 Å². The average Bonchev–Trinajstić information content (AvgIpc) is 2.08. The molecule has 0 radical (unpaired) electrons. The lowest BCUT2D eigenvalue weighted by molar-refractivity contribution is -0.137. The Morgan fingerprint density at radius 3 is 2.50 bits per heavy atom. The molecule has 0 aromatic heterocycles. The van der Waals surface area contributed by atoms with Crippen LogP contribution in [-0.2, 0) is 4.79 Å². The highest BCUT2D eigenvalue weighted by molar-refractivity contribution is 6.29. The first-order valence-electron chi connectivity index (χ1n) is 4.09. The summed E-state index contributed by atoms with van der Waals surface area (Å²) in [7, 11) is 0. The first-order chi connectivity index (χ1) is 6.52. The molecule has 0 bridgehead atoms. The number of hydrogen-bond donors (Lipinski definition) is 3. The number of carboxylic acid groups (broad SMARTS) is 1. The minimum Gasteiger partial charge on any atom is -0.481 e. The van der Waals surface area contributed by atoms with Gasteiger partial charge in [-0.1, -0.05) is 18.2 Å². The summed E-state index contributed by atoms with van der Waals surface area (Å²) in [6.45, 7) is 3.92. The number of carbonyl (C=O) groups excluding carboxylic acids is 1. The molecule has 0 atom stereocenters. The highest BCUT2D eigenvalue weighted by atomic mass is 35.5. The van der Waals surface area contributed by atoms with Crippen LogP contribution in [0.3, 0.4) is 0 Å². The maximum Gasteiger partial charge on any atom is 0.315 e. The van der Waals surface area contributed by atoms with E-state index in [-0.39, 0.29) is 19.0 Å². The van der Waals surface area contributed by atoms with Gasteiger partial charge in [-0.05, 0) is 6.42 Å². The summed E-state index contributed by atoms with van der Waals surface area (Å²) < 4.78 is 0. The molecule has 0 aliphatic heterocycles. The lowest BCUT2D eigenvalue weighted by Gasteiger charge is -2.05. The number of nitrogens with one attached hydrogen (secondary N) is 2. The highest BCUT2D eigenvalue weighted by Crippen LogP contribution is 1.91. The molecule has 0 heterocycles. The van der Waals surface area contributed by atoms with Crippen molar-refractivity contribution >= 4 is 23.6 Å². The van der Waals surface area contributed by atoms with E-state index in [1.54, 1.807) is 0 Å². The second kappa shape index (κ2) is 7.20. The van der Waals surface area contributed by atoms with Crippen molar-refractivity contribution in [3.8, 4) is 0 Å². The molecule has 0 aromatic carbocycles. The van der Waals surface area contributed by atoms with Gasteiger partial charge in [-0.25, -0.2) is 4.79 Å². The van der Waals surface area contributed by atoms with Crippen LogP contribution in [0.15, 0.2) is 11.6 Å². The lowest BCUT2D eigenvalue weighted by Crippen LogP contribution is -2.36. The second-order valence-electron chi connectivity index (χ2n) is 2.62. The number of hydrogen-bond acceptors (Lipinski definition) is 2. The van der Waals surface area contributed by atoms with Crippen LogP contribution < -0.4 is 10.6 Å². The summed E-state index contributed by atoms with van der Waals surface area (Å²) in [6, 6.07) is -0.378. The van der Waals surface area contributed by atoms with Crippen LogP contribution in [0.4, 0.5) is 4.79 Å². The zero-order chi connectivity index (χ0) is 11.0. The van der Waals surface area contributed by atoms with Gasteiger partial charge in [0.1, 0.15) is 0 Å². The Balaban J connectivity index is 3.36. The molecule has 3 N–H and O–H groups in total. The predicted molar refractivity (Wildman–Crippen MR) is 53.3 cm³/mol. The third kappa shape index (κ3) is 8.86. The van der Waals surface area contributed by atoms with Gasteiger partial charge in [-0.15, -0.1) is 0 Å². The summed E-state index contributed by atoms with van der Waals surface area (Å²) >= 11 is 5.41. The molecule has 0 saturated heterocycles. The second-order valence-corrected chi connectivity index (χ2v) is 3.16. The molecule has 80 valence electrons. The Kier molecular flexibility index (Phi) is 6.57. The monoisotopic (exact) mass is 220 g/mol. The summed E-state index contributed by atoms with van der Waals surface area (Å²) in [5, 5.41) is 13.6. The molecule has 5 nitrogen and oxygen atoms in total. The third-order valence-electron chi connectivity index (χ3n) is 1.29. The predicted octanol–water partition coefficient (Wildman–Crippen LogP) is 0.903. The fraction of sp³-hybridized carbons (Fsp3) is 0.500. The van der Waals surface area contributed by atoms with Gasteiger partial charge in [-0.2, -0.15) is 0 Å². The van der Waals surface area contributed by atoms with Crippen LogP contribution in [0.1, 0.15) is 12.8 Å². The zero-order valence-electron chi connectivity index (χ0n) is 7.68. The fourth-order valence-electron chi connectivity index (χ4n) is 0.680. The van der Waals surface area contributed by atoms with Gasteiger partial charge in [0, 0.05) is 18.0 Å². The molecule has 0 aliphatic rings. The van der Waals surface area contributed by atoms with Crippen LogP contribution in [0.25, 0.3) is 0 Å². The Morgan fingerprint density at radius 1 is 1.36 bits per heavy atom. The molecule has 0 rings (SSSR count).